The minimum atomic E-state index is -0.486. The van der Waals surface area contributed by atoms with Crippen LogP contribution in [0.1, 0.15) is 36.3 Å². The van der Waals surface area contributed by atoms with Crippen LogP contribution in [0.2, 0.25) is 0 Å². The summed E-state index contributed by atoms with van der Waals surface area (Å²) in [5.74, 6) is -0.222. The molecular weight excluding hydrogens is 433 g/mol. The van der Waals surface area contributed by atoms with E-state index in [1.807, 2.05) is 25.4 Å². The van der Waals surface area contributed by atoms with Crippen LogP contribution in [0.4, 0.5) is 15.8 Å². The molecule has 5 rings (SSSR count). The third kappa shape index (κ3) is 4.23. The summed E-state index contributed by atoms with van der Waals surface area (Å²) in [6, 6.07) is 5.58. The highest BCUT2D eigenvalue weighted by Gasteiger charge is 2.26. The zero-order valence-corrected chi connectivity index (χ0v) is 20.0. The topological polar surface area (TPSA) is 79.5 Å². The van der Waals surface area contributed by atoms with Crippen molar-refractivity contribution in [3.8, 4) is 0 Å². The molecule has 1 amide bonds. The van der Waals surface area contributed by atoms with Crippen LogP contribution in [0.25, 0.3) is 16.6 Å². The van der Waals surface area contributed by atoms with E-state index in [1.165, 1.54) is 6.07 Å². The normalized spacial score (nSPS) is 16.3. The fourth-order valence-electron chi connectivity index (χ4n) is 4.73. The molecule has 0 aliphatic carbocycles. The Morgan fingerprint density at radius 2 is 2.09 bits per heavy atom. The third-order valence-corrected chi connectivity index (χ3v) is 6.34. The number of halogens is 1. The lowest BCUT2D eigenvalue weighted by atomic mass is 10.1. The molecule has 1 aliphatic heterocycles. The molecule has 1 aliphatic rings. The maximum atomic E-state index is 14.5. The average molecular weight is 464 g/mol. The van der Waals surface area contributed by atoms with Gasteiger partial charge in [0, 0.05) is 61.9 Å². The van der Waals surface area contributed by atoms with Crippen LogP contribution in [0.15, 0.2) is 36.8 Å². The first-order chi connectivity index (χ1) is 16.3. The number of anilines is 2. The number of hydrogen-bond acceptors (Lipinski definition) is 5. The third-order valence-electron chi connectivity index (χ3n) is 6.34. The van der Waals surface area contributed by atoms with Crippen LogP contribution < -0.4 is 15.5 Å². The summed E-state index contributed by atoms with van der Waals surface area (Å²) >= 11 is 0. The standard InChI is InChI=1S/C25H30FN7O/c1-15(2)27-10-17-7-8-32(12-17)22-6-5-19(23-20(22)14-31(4)30-23)25(34)29-18-9-21(26)24-28-16(3)11-33(24)13-18/h5-6,9,11,13-15,17,27H,7-8,10,12H2,1-4H3,(H,29,34). The van der Waals surface area contributed by atoms with Crippen molar-refractivity contribution < 1.29 is 9.18 Å². The monoisotopic (exact) mass is 463 g/mol. The largest absolute Gasteiger partial charge is 0.371 e. The summed E-state index contributed by atoms with van der Waals surface area (Å²) in [7, 11) is 1.86. The first-order valence-corrected chi connectivity index (χ1v) is 11.7. The van der Waals surface area contributed by atoms with Gasteiger partial charge in [0.05, 0.1) is 16.9 Å². The van der Waals surface area contributed by atoms with Crippen molar-refractivity contribution in [3.63, 3.8) is 0 Å². The molecule has 3 aromatic heterocycles. The number of nitrogens with zero attached hydrogens (tertiary/aromatic N) is 5. The molecule has 8 nitrogen and oxygen atoms in total. The fraction of sp³-hybridized carbons (Fsp3) is 0.400. The van der Waals surface area contributed by atoms with E-state index in [4.69, 9.17) is 0 Å². The van der Waals surface area contributed by atoms with Gasteiger partial charge in [0.15, 0.2) is 11.5 Å². The molecular formula is C25H30FN7O. The number of hydrogen-bond donors (Lipinski definition) is 2. The number of benzene rings is 1. The summed E-state index contributed by atoms with van der Waals surface area (Å²) in [6.45, 7) is 9.08. The lowest BCUT2D eigenvalue weighted by Gasteiger charge is -2.21. The summed E-state index contributed by atoms with van der Waals surface area (Å²) in [5.41, 5.74) is 3.49. The minimum Gasteiger partial charge on any atom is -0.371 e. The Kier molecular flexibility index (Phi) is 5.73. The number of imidazole rings is 1. The first-order valence-electron chi connectivity index (χ1n) is 11.7. The first kappa shape index (κ1) is 22.3. The number of fused-ring (bicyclic) bond motifs is 2. The van der Waals surface area contributed by atoms with Gasteiger partial charge < -0.3 is 19.9 Å². The van der Waals surface area contributed by atoms with E-state index < -0.39 is 5.82 Å². The SMILES string of the molecule is Cc1cn2cc(NC(=O)c3ccc(N4CCC(CNC(C)C)C4)c4cn(C)nc34)cc(F)c2n1. The van der Waals surface area contributed by atoms with Gasteiger partial charge in [-0.1, -0.05) is 13.8 Å². The fourth-order valence-corrected chi connectivity index (χ4v) is 4.73. The van der Waals surface area contributed by atoms with Gasteiger partial charge in [0.2, 0.25) is 0 Å². The van der Waals surface area contributed by atoms with Gasteiger partial charge in [0.1, 0.15) is 5.52 Å². The number of aryl methyl sites for hydroxylation is 2. The molecule has 1 atom stereocenters. The van der Waals surface area contributed by atoms with Gasteiger partial charge in [-0.3, -0.25) is 9.48 Å². The average Bonchev–Trinajstić information content (AvgIpc) is 3.48. The van der Waals surface area contributed by atoms with Gasteiger partial charge in [-0.25, -0.2) is 9.37 Å². The van der Waals surface area contributed by atoms with Gasteiger partial charge >= 0.3 is 0 Å². The lowest BCUT2D eigenvalue weighted by Crippen LogP contribution is -2.30. The summed E-state index contributed by atoms with van der Waals surface area (Å²) in [6.07, 6.45) is 6.47. The zero-order valence-electron chi connectivity index (χ0n) is 20.0. The number of carbonyl (C=O) groups excluding carboxylic acids is 1. The molecule has 1 saturated heterocycles. The van der Waals surface area contributed by atoms with Crippen molar-refractivity contribution in [2.75, 3.05) is 29.9 Å². The van der Waals surface area contributed by atoms with Crippen LogP contribution in [-0.4, -0.2) is 50.7 Å². The molecule has 0 saturated carbocycles. The number of rotatable bonds is 6. The van der Waals surface area contributed by atoms with Crippen molar-refractivity contribution in [2.24, 2.45) is 13.0 Å². The molecule has 9 heteroatoms. The molecule has 0 radical (unpaired) electrons. The quantitative estimate of drug-likeness (QED) is 0.455. The smallest absolute Gasteiger partial charge is 0.257 e. The Bertz CT molecular complexity index is 1370. The van der Waals surface area contributed by atoms with E-state index in [0.29, 0.717) is 34.4 Å². The van der Waals surface area contributed by atoms with Crippen LogP contribution in [0.5, 0.6) is 0 Å². The van der Waals surface area contributed by atoms with Crippen molar-refractivity contribution >= 4 is 33.8 Å². The van der Waals surface area contributed by atoms with Crippen LogP contribution >= 0.6 is 0 Å². The highest BCUT2D eigenvalue weighted by Crippen LogP contribution is 2.32. The van der Waals surface area contributed by atoms with Crippen molar-refractivity contribution in [1.82, 2.24) is 24.5 Å². The van der Waals surface area contributed by atoms with E-state index in [-0.39, 0.29) is 11.6 Å². The van der Waals surface area contributed by atoms with E-state index in [0.717, 1.165) is 37.1 Å². The lowest BCUT2D eigenvalue weighted by molar-refractivity contribution is 0.102. The Morgan fingerprint density at radius 3 is 2.88 bits per heavy atom. The highest BCUT2D eigenvalue weighted by atomic mass is 19.1. The maximum absolute atomic E-state index is 14.5. The number of aromatic nitrogens is 4. The molecule has 34 heavy (non-hydrogen) atoms. The van der Waals surface area contributed by atoms with E-state index in [1.54, 1.807) is 28.4 Å². The number of pyridine rings is 1. The summed E-state index contributed by atoms with van der Waals surface area (Å²) < 4.78 is 17.8. The van der Waals surface area contributed by atoms with Gasteiger partial charge in [0.25, 0.3) is 5.91 Å². The summed E-state index contributed by atoms with van der Waals surface area (Å²) in [4.78, 5) is 19.7. The van der Waals surface area contributed by atoms with E-state index in [2.05, 4.69) is 39.5 Å². The molecule has 178 valence electrons. The molecule has 1 fully saturated rings. The molecule has 2 N–H and O–H groups in total. The molecule has 4 aromatic rings. The van der Waals surface area contributed by atoms with E-state index in [9.17, 15) is 9.18 Å². The van der Waals surface area contributed by atoms with Crippen LogP contribution in [0.3, 0.4) is 0 Å². The second-order valence-corrected chi connectivity index (χ2v) is 9.50. The Balaban J connectivity index is 1.41. The summed E-state index contributed by atoms with van der Waals surface area (Å²) in [5, 5.41) is 11.9. The van der Waals surface area contributed by atoms with E-state index >= 15 is 0 Å². The Hall–Kier alpha value is -3.46. The second-order valence-electron chi connectivity index (χ2n) is 9.50. The number of nitrogens with one attached hydrogen (secondary N) is 2. The van der Waals surface area contributed by atoms with Gasteiger partial charge in [-0.15, -0.1) is 0 Å². The Morgan fingerprint density at radius 1 is 1.26 bits per heavy atom. The predicted molar refractivity (Wildman–Crippen MR) is 132 cm³/mol. The number of carbonyl (C=O) groups is 1. The van der Waals surface area contributed by atoms with Crippen molar-refractivity contribution in [2.45, 2.75) is 33.2 Å². The van der Waals surface area contributed by atoms with Crippen molar-refractivity contribution in [1.29, 1.82) is 0 Å². The predicted octanol–water partition coefficient (Wildman–Crippen LogP) is 3.75. The van der Waals surface area contributed by atoms with Crippen molar-refractivity contribution in [3.05, 3.63) is 53.9 Å². The second kappa shape index (κ2) is 8.72. The zero-order chi connectivity index (χ0) is 24.0. The maximum Gasteiger partial charge on any atom is 0.257 e. The molecule has 0 bridgehead atoms. The van der Waals surface area contributed by atoms with Gasteiger partial charge in [-0.05, 0) is 37.9 Å². The molecule has 4 heterocycles. The molecule has 0 spiro atoms. The highest BCUT2D eigenvalue weighted by molar-refractivity contribution is 6.13. The molecule has 1 unspecified atom stereocenters. The van der Waals surface area contributed by atoms with Gasteiger partial charge in [-0.2, -0.15) is 5.10 Å². The number of amides is 1. The Labute approximate surface area is 197 Å². The minimum absolute atomic E-state index is 0.236. The van der Waals surface area contributed by atoms with Crippen LogP contribution in [-0.2, 0) is 7.05 Å². The molecule has 1 aromatic carbocycles. The van der Waals surface area contributed by atoms with Crippen LogP contribution in [0, 0.1) is 18.7 Å².